The molecule has 11 nitrogen and oxygen atoms in total. The van der Waals surface area contributed by atoms with E-state index in [0.717, 1.165) is 40.0 Å². The molecule has 0 aromatic heterocycles. The Labute approximate surface area is 204 Å². The zero-order valence-electron chi connectivity index (χ0n) is 16.5. The summed E-state index contributed by atoms with van der Waals surface area (Å²) in [6, 6.07) is 10.4. The van der Waals surface area contributed by atoms with Gasteiger partial charge in [0.2, 0.25) is 5.91 Å². The molecule has 0 aliphatic carbocycles. The van der Waals surface area contributed by atoms with E-state index in [9.17, 15) is 29.8 Å². The first-order valence-corrected chi connectivity index (χ1v) is 11.2. The van der Waals surface area contributed by atoms with Crippen molar-refractivity contribution in [3.63, 3.8) is 0 Å². The second-order valence-electron chi connectivity index (χ2n) is 6.53. The van der Waals surface area contributed by atoms with Gasteiger partial charge in [-0.25, -0.2) is 0 Å². The number of hydrogen-bond acceptors (Lipinski definition) is 9. The van der Waals surface area contributed by atoms with Crippen LogP contribution in [0, 0.1) is 20.2 Å². The lowest BCUT2D eigenvalue weighted by atomic mass is 10.2. The summed E-state index contributed by atoms with van der Waals surface area (Å²) in [7, 11) is 0. The molecule has 1 aliphatic heterocycles. The number of benzene rings is 2. The van der Waals surface area contributed by atoms with E-state index in [1.165, 1.54) is 4.90 Å². The van der Waals surface area contributed by atoms with E-state index in [0.29, 0.717) is 9.23 Å². The number of halogens is 1. The van der Waals surface area contributed by atoms with Gasteiger partial charge in [-0.15, -0.1) is 0 Å². The van der Waals surface area contributed by atoms with Crippen LogP contribution in [0.25, 0.3) is 6.08 Å². The Hall–Kier alpha value is -3.36. The number of thioether (sulfide) groups is 1. The Morgan fingerprint density at radius 1 is 1.18 bits per heavy atom. The van der Waals surface area contributed by atoms with Crippen molar-refractivity contribution in [3.05, 3.63) is 77.6 Å². The number of nitro groups is 2. The highest BCUT2D eigenvalue weighted by molar-refractivity contribution is 9.10. The van der Waals surface area contributed by atoms with Crippen LogP contribution in [0.3, 0.4) is 0 Å². The number of nitrogens with one attached hydrogen (secondary N) is 2. The maximum atomic E-state index is 12.7. The van der Waals surface area contributed by atoms with Gasteiger partial charge in [0.1, 0.15) is 10.0 Å². The number of hydrazine groups is 1. The van der Waals surface area contributed by atoms with Crippen molar-refractivity contribution in [2.24, 2.45) is 0 Å². The lowest BCUT2D eigenvalue weighted by Crippen LogP contribution is -2.35. The van der Waals surface area contributed by atoms with Crippen molar-refractivity contribution in [1.82, 2.24) is 10.3 Å². The highest BCUT2D eigenvalue weighted by atomic mass is 79.9. The minimum atomic E-state index is -0.806. The van der Waals surface area contributed by atoms with Gasteiger partial charge >= 0.3 is 5.69 Å². The van der Waals surface area contributed by atoms with Gasteiger partial charge in [-0.3, -0.25) is 45.6 Å². The predicted octanol–water partition coefficient (Wildman–Crippen LogP) is 4.00. The van der Waals surface area contributed by atoms with Crippen LogP contribution in [0.5, 0.6) is 0 Å². The summed E-state index contributed by atoms with van der Waals surface area (Å²) in [6.07, 6.45) is 1.57. The Morgan fingerprint density at radius 2 is 1.94 bits per heavy atom. The molecule has 0 unspecified atom stereocenters. The van der Waals surface area contributed by atoms with Gasteiger partial charge in [-0.05, 0) is 29.8 Å². The van der Waals surface area contributed by atoms with Gasteiger partial charge in [0.25, 0.3) is 11.6 Å². The van der Waals surface area contributed by atoms with Crippen LogP contribution in [0.15, 0.2) is 51.8 Å². The van der Waals surface area contributed by atoms with Crippen LogP contribution in [0.4, 0.5) is 17.1 Å². The number of nitrogens with zero attached hydrogens (tertiary/aromatic N) is 3. The maximum absolute atomic E-state index is 12.7. The molecular weight excluding hydrogens is 538 g/mol. The lowest BCUT2D eigenvalue weighted by Gasteiger charge is -2.14. The van der Waals surface area contributed by atoms with E-state index in [4.69, 9.17) is 12.2 Å². The molecule has 0 atom stereocenters. The molecule has 2 amide bonds. The summed E-state index contributed by atoms with van der Waals surface area (Å²) in [5.41, 5.74) is 4.33. The van der Waals surface area contributed by atoms with Gasteiger partial charge < -0.3 is 0 Å². The minimum absolute atomic E-state index is 0.0103. The van der Waals surface area contributed by atoms with Crippen LogP contribution in [0.1, 0.15) is 12.0 Å². The first kappa shape index (κ1) is 24.3. The van der Waals surface area contributed by atoms with Gasteiger partial charge in [0.05, 0.1) is 20.8 Å². The normalized spacial score (nSPS) is 14.5. The van der Waals surface area contributed by atoms with Crippen LogP contribution in [0.2, 0.25) is 0 Å². The topological polar surface area (TPSA) is 148 Å². The number of carbonyl (C=O) groups excluding carboxylic acids is 2. The molecular formula is C19H14BrN5O6S2. The average molecular weight is 552 g/mol. The first-order chi connectivity index (χ1) is 15.7. The van der Waals surface area contributed by atoms with Crippen molar-refractivity contribution in [2.75, 3.05) is 12.0 Å². The fraction of sp³-hybridized carbons (Fsp3) is 0.105. The van der Waals surface area contributed by atoms with Crippen LogP contribution >= 0.6 is 39.9 Å². The SMILES string of the molecule is O=C(CCN1C(=O)/C(=C/c2cccc(Br)c2)SC1=S)NNc1ccc([N+](=O)[O-])cc1[N+](=O)[O-]. The summed E-state index contributed by atoms with van der Waals surface area (Å²) in [4.78, 5) is 47.0. The average Bonchev–Trinajstić information content (AvgIpc) is 3.02. The Bertz CT molecular complexity index is 1200. The Kier molecular flexibility index (Phi) is 7.73. The molecule has 1 aliphatic rings. The maximum Gasteiger partial charge on any atom is 0.300 e. The highest BCUT2D eigenvalue weighted by Crippen LogP contribution is 2.33. The number of amides is 2. The number of hydrogen-bond donors (Lipinski definition) is 2. The van der Waals surface area contributed by atoms with E-state index < -0.39 is 27.1 Å². The number of thiocarbonyl (C=S) groups is 1. The standard InChI is InChI=1S/C19H14BrN5O6S2/c20-12-3-1-2-11(8-12)9-16-18(27)23(19(32)33-16)7-6-17(26)22-21-14-5-4-13(24(28)29)10-15(14)25(30)31/h1-5,8-10,21H,6-7H2,(H,22,26)/b16-9-. The third-order valence-corrected chi connectivity index (χ3v) is 6.18. The van der Waals surface area contributed by atoms with Crippen LogP contribution in [-0.4, -0.2) is 37.4 Å². The number of non-ortho nitro benzene ring substituents is 1. The second kappa shape index (κ2) is 10.5. The van der Waals surface area contributed by atoms with Crippen molar-refractivity contribution in [2.45, 2.75) is 6.42 Å². The Morgan fingerprint density at radius 3 is 2.61 bits per heavy atom. The number of anilines is 1. The third-order valence-electron chi connectivity index (χ3n) is 4.31. The van der Waals surface area contributed by atoms with Crippen molar-refractivity contribution >= 4 is 79.2 Å². The summed E-state index contributed by atoms with van der Waals surface area (Å²) < 4.78 is 1.18. The van der Waals surface area contributed by atoms with E-state index in [1.54, 1.807) is 6.08 Å². The molecule has 14 heteroatoms. The molecule has 170 valence electrons. The molecule has 0 saturated carbocycles. The number of nitro benzene ring substituents is 2. The molecule has 1 heterocycles. The summed E-state index contributed by atoms with van der Waals surface area (Å²) in [5.74, 6) is -0.885. The zero-order valence-corrected chi connectivity index (χ0v) is 19.7. The van der Waals surface area contributed by atoms with E-state index in [2.05, 4.69) is 26.8 Å². The fourth-order valence-electron chi connectivity index (χ4n) is 2.74. The van der Waals surface area contributed by atoms with E-state index >= 15 is 0 Å². The first-order valence-electron chi connectivity index (χ1n) is 9.14. The molecule has 1 saturated heterocycles. The van der Waals surface area contributed by atoms with Gasteiger partial charge in [0.15, 0.2) is 0 Å². The molecule has 0 radical (unpaired) electrons. The van der Waals surface area contributed by atoms with Gasteiger partial charge in [-0.2, -0.15) is 0 Å². The molecule has 2 N–H and O–H groups in total. The monoisotopic (exact) mass is 551 g/mol. The number of rotatable bonds is 8. The molecule has 2 aromatic carbocycles. The molecule has 0 spiro atoms. The van der Waals surface area contributed by atoms with Crippen molar-refractivity contribution in [1.29, 1.82) is 0 Å². The van der Waals surface area contributed by atoms with Crippen LogP contribution < -0.4 is 10.9 Å². The summed E-state index contributed by atoms with van der Waals surface area (Å²) in [6.45, 7) is 0.0103. The van der Waals surface area contributed by atoms with Gasteiger partial charge in [-0.1, -0.05) is 52.0 Å². The molecule has 33 heavy (non-hydrogen) atoms. The number of carbonyl (C=O) groups is 2. The molecule has 2 aromatic rings. The quantitative estimate of drug-likeness (QED) is 0.215. The fourth-order valence-corrected chi connectivity index (χ4v) is 4.47. The molecule has 0 bridgehead atoms. The lowest BCUT2D eigenvalue weighted by molar-refractivity contribution is -0.393. The molecule has 1 fully saturated rings. The minimum Gasteiger partial charge on any atom is -0.292 e. The van der Waals surface area contributed by atoms with Crippen molar-refractivity contribution in [3.8, 4) is 0 Å². The van der Waals surface area contributed by atoms with E-state index in [1.807, 2.05) is 24.3 Å². The largest absolute Gasteiger partial charge is 0.300 e. The van der Waals surface area contributed by atoms with Crippen LogP contribution in [-0.2, 0) is 9.59 Å². The summed E-state index contributed by atoms with van der Waals surface area (Å²) in [5, 5.41) is 22.0. The van der Waals surface area contributed by atoms with Crippen molar-refractivity contribution < 1.29 is 19.4 Å². The smallest absolute Gasteiger partial charge is 0.292 e. The zero-order chi connectivity index (χ0) is 24.1. The predicted molar refractivity (Wildman–Crippen MR) is 130 cm³/mol. The third kappa shape index (κ3) is 6.12. The second-order valence-corrected chi connectivity index (χ2v) is 9.12. The Balaban J connectivity index is 1.59. The van der Waals surface area contributed by atoms with E-state index in [-0.39, 0.29) is 24.6 Å². The highest BCUT2D eigenvalue weighted by Gasteiger charge is 2.32. The molecule has 3 rings (SSSR count). The van der Waals surface area contributed by atoms with Gasteiger partial charge in [0, 0.05) is 23.5 Å². The summed E-state index contributed by atoms with van der Waals surface area (Å²) >= 11 is 9.75.